The highest BCUT2D eigenvalue weighted by Crippen LogP contribution is 2.31. The Kier molecular flexibility index (Phi) is 6.00. The lowest BCUT2D eigenvalue weighted by Crippen LogP contribution is -2.17. The first-order valence-electron chi connectivity index (χ1n) is 8.90. The largest absolute Gasteiger partial charge is 0.573 e. The zero-order valence-electron chi connectivity index (χ0n) is 16.4. The second-order valence-electron chi connectivity index (χ2n) is 6.54. The highest BCUT2D eigenvalue weighted by molar-refractivity contribution is 6.07. The Balaban J connectivity index is 1.70. The fraction of sp³-hybridized carbons (Fsp3) is 0.143. The predicted octanol–water partition coefficient (Wildman–Crippen LogP) is 5.36. The molecule has 0 radical (unpaired) electrons. The molecule has 0 unspecified atom stereocenters. The summed E-state index contributed by atoms with van der Waals surface area (Å²) in [5.74, 6) is -2.35. The van der Waals surface area contributed by atoms with Crippen LogP contribution >= 0.6 is 0 Å². The maximum Gasteiger partial charge on any atom is 0.573 e. The number of hydrogen-bond donors (Lipinski definition) is 2. The number of ether oxygens (including phenoxy) is 2. The van der Waals surface area contributed by atoms with Gasteiger partial charge in [-0.3, -0.25) is 4.79 Å². The topological polar surface area (TPSA) is 86.5 Å². The number of aromatic nitrogens is 1. The molecular formula is C21H17F4N3O3. The monoisotopic (exact) mass is 435 g/mol. The van der Waals surface area contributed by atoms with Crippen LogP contribution in [0.5, 0.6) is 17.2 Å². The summed E-state index contributed by atoms with van der Waals surface area (Å²) in [5, 5.41) is 2.67. The number of nitrogens with two attached hydrogens (primary N) is 1. The molecule has 162 valence electrons. The fourth-order valence-electron chi connectivity index (χ4n) is 2.60. The molecule has 0 saturated carbocycles. The second-order valence-corrected chi connectivity index (χ2v) is 6.54. The smallest absolute Gasteiger partial charge is 0.457 e. The van der Waals surface area contributed by atoms with E-state index in [1.54, 1.807) is 13.0 Å². The Bertz CT molecular complexity index is 1120. The molecule has 0 fully saturated rings. The minimum atomic E-state index is -5.03. The van der Waals surface area contributed by atoms with Gasteiger partial charge in [-0.05, 0) is 61.9 Å². The van der Waals surface area contributed by atoms with Crippen LogP contribution in [0.15, 0.2) is 48.5 Å². The van der Waals surface area contributed by atoms with Crippen LogP contribution in [0, 0.1) is 19.7 Å². The lowest BCUT2D eigenvalue weighted by molar-refractivity contribution is -0.275. The molecule has 0 aliphatic heterocycles. The number of nitrogen functional groups attached to an aromatic ring is 1. The number of halogens is 4. The molecule has 0 spiro atoms. The van der Waals surface area contributed by atoms with E-state index in [0.29, 0.717) is 5.69 Å². The van der Waals surface area contributed by atoms with E-state index in [4.69, 9.17) is 10.5 Å². The molecule has 0 saturated heterocycles. The van der Waals surface area contributed by atoms with Crippen LogP contribution in [0.4, 0.5) is 29.1 Å². The normalized spacial score (nSPS) is 11.2. The number of nitrogens with one attached hydrogen (secondary N) is 1. The first kappa shape index (κ1) is 21.9. The van der Waals surface area contributed by atoms with Gasteiger partial charge in [-0.15, -0.1) is 13.2 Å². The average molecular weight is 435 g/mol. The number of aryl methyl sites for hydroxylation is 2. The summed E-state index contributed by atoms with van der Waals surface area (Å²) in [6.07, 6.45) is -5.03. The molecule has 1 heterocycles. The lowest BCUT2D eigenvalue weighted by atomic mass is 10.1. The summed E-state index contributed by atoms with van der Waals surface area (Å²) in [5.41, 5.74) is 8.01. The summed E-state index contributed by atoms with van der Waals surface area (Å²) in [7, 11) is 0. The van der Waals surface area contributed by atoms with Gasteiger partial charge in [0.1, 0.15) is 17.3 Å². The van der Waals surface area contributed by atoms with Crippen molar-refractivity contribution < 1.29 is 31.8 Å². The summed E-state index contributed by atoms with van der Waals surface area (Å²) in [4.78, 5) is 16.6. The molecule has 3 rings (SSSR count). The van der Waals surface area contributed by atoms with Crippen molar-refractivity contribution in [1.82, 2.24) is 4.98 Å². The number of anilines is 2. The zero-order valence-corrected chi connectivity index (χ0v) is 16.4. The molecule has 1 amide bonds. The van der Waals surface area contributed by atoms with Gasteiger partial charge in [-0.1, -0.05) is 0 Å². The van der Waals surface area contributed by atoms with Gasteiger partial charge in [0.15, 0.2) is 11.6 Å². The highest BCUT2D eigenvalue weighted by Gasteiger charge is 2.32. The van der Waals surface area contributed by atoms with E-state index >= 15 is 0 Å². The summed E-state index contributed by atoms with van der Waals surface area (Å²) >= 11 is 0. The molecular weight excluding hydrogens is 418 g/mol. The number of amides is 1. The number of rotatable bonds is 5. The molecule has 0 aliphatic carbocycles. The first-order valence-corrected chi connectivity index (χ1v) is 8.90. The van der Waals surface area contributed by atoms with Crippen molar-refractivity contribution in [2.75, 3.05) is 11.1 Å². The third kappa shape index (κ3) is 5.62. The van der Waals surface area contributed by atoms with Crippen LogP contribution in [0.3, 0.4) is 0 Å². The van der Waals surface area contributed by atoms with Crippen LogP contribution in [0.25, 0.3) is 0 Å². The molecule has 0 atom stereocenters. The third-order valence-electron chi connectivity index (χ3n) is 4.22. The Morgan fingerprint density at radius 1 is 1.03 bits per heavy atom. The molecule has 3 aromatic rings. The molecule has 3 N–H and O–H groups in total. The van der Waals surface area contributed by atoms with Crippen molar-refractivity contribution >= 4 is 17.4 Å². The van der Waals surface area contributed by atoms with E-state index in [-0.39, 0.29) is 22.9 Å². The Hall–Kier alpha value is -3.82. The van der Waals surface area contributed by atoms with Crippen molar-refractivity contribution in [3.8, 4) is 17.2 Å². The van der Waals surface area contributed by atoms with Crippen molar-refractivity contribution in [2.24, 2.45) is 0 Å². The molecule has 10 heteroatoms. The minimum absolute atomic E-state index is 0.0635. The Labute approximate surface area is 174 Å². The van der Waals surface area contributed by atoms with Gasteiger partial charge in [0.05, 0.1) is 5.56 Å². The lowest BCUT2D eigenvalue weighted by Gasteiger charge is -2.12. The van der Waals surface area contributed by atoms with Gasteiger partial charge in [0, 0.05) is 17.4 Å². The second kappa shape index (κ2) is 8.50. The van der Waals surface area contributed by atoms with E-state index in [9.17, 15) is 22.4 Å². The Morgan fingerprint density at radius 3 is 2.32 bits per heavy atom. The standard InChI is InChI=1S/C21H17F4N3O3/c1-11-9-16(19(26)27-12(11)2)20(29)28-13-3-5-14(6-4-13)30-15-7-8-17(22)18(10-15)31-21(23,24)25/h3-10H,1-2H3,(H2,26,27)(H,28,29). The van der Waals surface area contributed by atoms with Gasteiger partial charge < -0.3 is 20.5 Å². The van der Waals surface area contributed by atoms with E-state index in [1.165, 1.54) is 24.3 Å². The molecule has 0 aliphatic rings. The fourth-order valence-corrected chi connectivity index (χ4v) is 2.60. The van der Waals surface area contributed by atoms with Gasteiger partial charge in [0.2, 0.25) is 0 Å². The van der Waals surface area contributed by atoms with Gasteiger partial charge in [-0.2, -0.15) is 0 Å². The van der Waals surface area contributed by atoms with E-state index in [2.05, 4.69) is 15.0 Å². The van der Waals surface area contributed by atoms with Crippen LogP contribution in [0.1, 0.15) is 21.6 Å². The number of hydrogen-bond acceptors (Lipinski definition) is 5. The maximum atomic E-state index is 13.5. The van der Waals surface area contributed by atoms with Crippen molar-refractivity contribution in [3.63, 3.8) is 0 Å². The van der Waals surface area contributed by atoms with E-state index in [1.807, 2.05) is 6.92 Å². The van der Waals surface area contributed by atoms with Gasteiger partial charge >= 0.3 is 6.36 Å². The number of nitrogens with zero attached hydrogens (tertiary/aromatic N) is 1. The maximum absolute atomic E-state index is 13.5. The number of pyridine rings is 1. The predicted molar refractivity (Wildman–Crippen MR) is 106 cm³/mol. The SMILES string of the molecule is Cc1cc(C(=O)Nc2ccc(Oc3ccc(F)c(OC(F)(F)F)c3)cc2)c(N)nc1C. The number of carbonyl (C=O) groups excluding carboxylic acids is 1. The quantitative estimate of drug-likeness (QED) is 0.527. The van der Waals surface area contributed by atoms with Gasteiger partial charge in [0.25, 0.3) is 5.91 Å². The van der Waals surface area contributed by atoms with Crippen molar-refractivity contribution in [2.45, 2.75) is 20.2 Å². The number of benzene rings is 2. The van der Waals surface area contributed by atoms with Gasteiger partial charge in [-0.25, -0.2) is 9.37 Å². The van der Waals surface area contributed by atoms with E-state index < -0.39 is 23.8 Å². The molecule has 2 aromatic carbocycles. The molecule has 1 aromatic heterocycles. The number of carbonyl (C=O) groups is 1. The summed E-state index contributed by atoms with van der Waals surface area (Å²) in [6, 6.07) is 10.4. The van der Waals surface area contributed by atoms with Crippen LogP contribution in [-0.4, -0.2) is 17.3 Å². The Morgan fingerprint density at radius 2 is 1.68 bits per heavy atom. The first-order chi connectivity index (χ1) is 14.5. The third-order valence-corrected chi connectivity index (χ3v) is 4.22. The number of alkyl halides is 3. The summed E-state index contributed by atoms with van der Waals surface area (Å²) in [6.45, 7) is 3.59. The molecule has 0 bridgehead atoms. The van der Waals surface area contributed by atoms with E-state index in [0.717, 1.165) is 29.5 Å². The average Bonchev–Trinajstić information content (AvgIpc) is 2.67. The minimum Gasteiger partial charge on any atom is -0.457 e. The zero-order chi connectivity index (χ0) is 22.8. The highest BCUT2D eigenvalue weighted by atomic mass is 19.4. The van der Waals surface area contributed by atoms with Crippen LogP contribution in [0.2, 0.25) is 0 Å². The molecule has 6 nitrogen and oxygen atoms in total. The van der Waals surface area contributed by atoms with Crippen molar-refractivity contribution in [1.29, 1.82) is 0 Å². The summed E-state index contributed by atoms with van der Waals surface area (Å²) < 4.78 is 59.6. The van der Waals surface area contributed by atoms with Crippen molar-refractivity contribution in [3.05, 3.63) is 71.2 Å². The van der Waals surface area contributed by atoms with Crippen LogP contribution < -0.4 is 20.5 Å². The van der Waals surface area contributed by atoms with Crippen LogP contribution in [-0.2, 0) is 0 Å². The molecule has 31 heavy (non-hydrogen) atoms.